The van der Waals surface area contributed by atoms with Crippen molar-refractivity contribution in [2.45, 2.75) is 18.0 Å². The van der Waals surface area contributed by atoms with Gasteiger partial charge in [0.1, 0.15) is 0 Å². The number of benzene rings is 2. The van der Waals surface area contributed by atoms with Gasteiger partial charge in [0.15, 0.2) is 4.17 Å². The summed E-state index contributed by atoms with van der Waals surface area (Å²) in [6, 6.07) is 15.3. The standard InChI is InChI=1S/C16H17IN2/c1-11-8-9-13(10-12(11)2)19-15-7-5-4-6-14(15)18(3)16(19)17/h4-10,16H,1-3H3. The highest BCUT2D eigenvalue weighted by atomic mass is 127. The number of hydrogen-bond acceptors (Lipinski definition) is 2. The molecule has 0 aliphatic carbocycles. The van der Waals surface area contributed by atoms with Crippen molar-refractivity contribution in [2.24, 2.45) is 0 Å². The topological polar surface area (TPSA) is 6.48 Å². The van der Waals surface area contributed by atoms with Crippen molar-refractivity contribution in [1.82, 2.24) is 0 Å². The number of para-hydroxylation sites is 2. The molecule has 1 unspecified atom stereocenters. The van der Waals surface area contributed by atoms with Gasteiger partial charge in [-0.3, -0.25) is 0 Å². The zero-order valence-corrected chi connectivity index (χ0v) is 13.5. The fraction of sp³-hybridized carbons (Fsp3) is 0.250. The number of alkyl halides is 1. The third-order valence-corrected chi connectivity index (χ3v) is 5.22. The predicted molar refractivity (Wildman–Crippen MR) is 90.7 cm³/mol. The summed E-state index contributed by atoms with van der Waals surface area (Å²) in [6.45, 7) is 4.33. The van der Waals surface area contributed by atoms with Crippen LogP contribution in [-0.2, 0) is 0 Å². The minimum Gasteiger partial charge on any atom is -0.344 e. The zero-order chi connectivity index (χ0) is 13.6. The summed E-state index contributed by atoms with van der Waals surface area (Å²) in [5, 5.41) is 0. The fourth-order valence-electron chi connectivity index (χ4n) is 2.51. The van der Waals surface area contributed by atoms with E-state index in [2.05, 4.69) is 95.8 Å². The molecule has 1 aliphatic heterocycles. The van der Waals surface area contributed by atoms with Gasteiger partial charge in [-0.05, 0) is 71.8 Å². The van der Waals surface area contributed by atoms with Gasteiger partial charge in [0.2, 0.25) is 0 Å². The molecule has 0 radical (unpaired) electrons. The molecule has 1 heterocycles. The number of hydrogen-bond donors (Lipinski definition) is 0. The number of rotatable bonds is 1. The van der Waals surface area contributed by atoms with Gasteiger partial charge in [0.05, 0.1) is 11.4 Å². The molecule has 0 amide bonds. The van der Waals surface area contributed by atoms with Gasteiger partial charge in [0, 0.05) is 12.7 Å². The minimum absolute atomic E-state index is 0.317. The Kier molecular flexibility index (Phi) is 3.17. The molecule has 1 atom stereocenters. The van der Waals surface area contributed by atoms with Crippen LogP contribution in [0.4, 0.5) is 17.1 Å². The van der Waals surface area contributed by atoms with Gasteiger partial charge < -0.3 is 9.80 Å². The quantitative estimate of drug-likeness (QED) is 0.414. The first-order valence-corrected chi connectivity index (χ1v) is 7.66. The zero-order valence-electron chi connectivity index (χ0n) is 11.4. The number of halogens is 1. The van der Waals surface area contributed by atoms with Crippen molar-refractivity contribution in [3.8, 4) is 0 Å². The van der Waals surface area contributed by atoms with Crippen LogP contribution in [0.5, 0.6) is 0 Å². The SMILES string of the molecule is Cc1ccc(N2c3ccccc3N(C)C2I)cc1C. The van der Waals surface area contributed by atoms with Gasteiger partial charge in [-0.1, -0.05) is 18.2 Å². The van der Waals surface area contributed by atoms with Gasteiger partial charge in [-0.15, -0.1) is 0 Å². The van der Waals surface area contributed by atoms with Crippen molar-refractivity contribution in [1.29, 1.82) is 0 Å². The van der Waals surface area contributed by atoms with E-state index in [1.807, 2.05) is 0 Å². The molecule has 3 heteroatoms. The first-order valence-electron chi connectivity index (χ1n) is 6.42. The highest BCUT2D eigenvalue weighted by Gasteiger charge is 2.32. The van der Waals surface area contributed by atoms with Gasteiger partial charge >= 0.3 is 0 Å². The number of fused-ring (bicyclic) bond motifs is 1. The van der Waals surface area contributed by atoms with E-state index < -0.39 is 0 Å². The van der Waals surface area contributed by atoms with Crippen molar-refractivity contribution in [3.05, 3.63) is 53.6 Å². The van der Waals surface area contributed by atoms with Crippen LogP contribution in [-0.4, -0.2) is 11.2 Å². The highest BCUT2D eigenvalue weighted by Crippen LogP contribution is 2.45. The molecule has 2 aromatic carbocycles. The maximum atomic E-state index is 2.49. The molecule has 2 nitrogen and oxygen atoms in total. The second kappa shape index (κ2) is 4.71. The lowest BCUT2D eigenvalue weighted by molar-refractivity contribution is 0.917. The first-order chi connectivity index (χ1) is 9.09. The molecule has 0 spiro atoms. The molecule has 2 aromatic rings. The smallest absolute Gasteiger partial charge is 0.159 e. The fourth-order valence-corrected chi connectivity index (χ4v) is 3.43. The molecule has 0 bridgehead atoms. The summed E-state index contributed by atoms with van der Waals surface area (Å²) in [7, 11) is 2.15. The lowest BCUT2D eigenvalue weighted by Crippen LogP contribution is -2.32. The maximum Gasteiger partial charge on any atom is 0.159 e. The highest BCUT2D eigenvalue weighted by molar-refractivity contribution is 14.1. The maximum absolute atomic E-state index is 2.49. The first kappa shape index (κ1) is 12.8. The Bertz CT molecular complexity index is 624. The van der Waals surface area contributed by atoms with E-state index >= 15 is 0 Å². The molecular weight excluding hydrogens is 347 g/mol. The Balaban J connectivity index is 2.12. The van der Waals surface area contributed by atoms with Crippen molar-refractivity contribution in [2.75, 3.05) is 16.8 Å². The van der Waals surface area contributed by atoms with Crippen LogP contribution < -0.4 is 9.80 Å². The van der Waals surface area contributed by atoms with Crippen molar-refractivity contribution in [3.63, 3.8) is 0 Å². The Morgan fingerprint density at radius 1 is 0.947 bits per heavy atom. The van der Waals surface area contributed by atoms with E-state index in [1.54, 1.807) is 0 Å². The largest absolute Gasteiger partial charge is 0.344 e. The van der Waals surface area contributed by atoms with E-state index in [1.165, 1.54) is 28.2 Å². The molecule has 0 aromatic heterocycles. The van der Waals surface area contributed by atoms with E-state index in [9.17, 15) is 0 Å². The monoisotopic (exact) mass is 364 g/mol. The van der Waals surface area contributed by atoms with E-state index in [-0.39, 0.29) is 0 Å². The van der Waals surface area contributed by atoms with Crippen molar-refractivity contribution >= 4 is 39.7 Å². The molecule has 0 saturated carbocycles. The molecule has 98 valence electrons. The Morgan fingerprint density at radius 2 is 1.63 bits per heavy atom. The lowest BCUT2D eigenvalue weighted by Gasteiger charge is -2.26. The summed E-state index contributed by atoms with van der Waals surface area (Å²) in [5.74, 6) is 0. The number of anilines is 3. The Hall–Kier alpha value is -1.23. The van der Waals surface area contributed by atoms with Crippen molar-refractivity contribution < 1.29 is 0 Å². The molecule has 0 saturated heterocycles. The summed E-state index contributed by atoms with van der Waals surface area (Å²) >= 11 is 2.49. The molecule has 19 heavy (non-hydrogen) atoms. The van der Waals surface area contributed by atoms with Crippen LogP contribution >= 0.6 is 22.6 Å². The van der Waals surface area contributed by atoms with Crippen LogP contribution in [0.3, 0.4) is 0 Å². The lowest BCUT2D eigenvalue weighted by atomic mass is 10.1. The predicted octanol–water partition coefficient (Wildman–Crippen LogP) is 4.61. The summed E-state index contributed by atoms with van der Waals surface area (Å²) in [4.78, 5) is 4.70. The third-order valence-electron chi connectivity index (χ3n) is 3.82. The average molecular weight is 364 g/mol. The normalized spacial score (nSPS) is 17.8. The third kappa shape index (κ3) is 2.00. The summed E-state index contributed by atoms with van der Waals surface area (Å²) in [5.41, 5.74) is 6.52. The average Bonchev–Trinajstić information content (AvgIpc) is 2.66. The van der Waals surface area contributed by atoms with E-state index in [0.29, 0.717) is 4.17 Å². The second-order valence-corrected chi connectivity index (χ2v) is 6.16. The molecular formula is C16H17IN2. The van der Waals surface area contributed by atoms with E-state index in [4.69, 9.17) is 0 Å². The molecule has 0 N–H and O–H groups in total. The van der Waals surface area contributed by atoms with Crippen LogP contribution in [0, 0.1) is 13.8 Å². The van der Waals surface area contributed by atoms with Crippen LogP contribution in [0.25, 0.3) is 0 Å². The van der Waals surface area contributed by atoms with Crippen LogP contribution in [0.1, 0.15) is 11.1 Å². The summed E-state index contributed by atoms with van der Waals surface area (Å²) in [6.07, 6.45) is 0. The number of aryl methyl sites for hydroxylation is 2. The molecule has 1 aliphatic rings. The molecule has 3 rings (SSSR count). The van der Waals surface area contributed by atoms with Crippen LogP contribution in [0.2, 0.25) is 0 Å². The van der Waals surface area contributed by atoms with Gasteiger partial charge in [-0.2, -0.15) is 0 Å². The number of nitrogens with zero attached hydrogens (tertiary/aromatic N) is 2. The Labute approximate surface area is 128 Å². The van der Waals surface area contributed by atoms with Gasteiger partial charge in [-0.25, -0.2) is 0 Å². The summed E-state index contributed by atoms with van der Waals surface area (Å²) < 4.78 is 0.317. The molecule has 0 fully saturated rings. The van der Waals surface area contributed by atoms with Crippen LogP contribution in [0.15, 0.2) is 42.5 Å². The minimum atomic E-state index is 0.317. The van der Waals surface area contributed by atoms with Gasteiger partial charge in [0.25, 0.3) is 0 Å². The second-order valence-electron chi connectivity index (χ2n) is 5.05. The van der Waals surface area contributed by atoms with E-state index in [0.717, 1.165) is 0 Å². The Morgan fingerprint density at radius 3 is 2.32 bits per heavy atom.